The van der Waals surface area contributed by atoms with Crippen LogP contribution in [0.2, 0.25) is 0 Å². The summed E-state index contributed by atoms with van der Waals surface area (Å²) in [5.41, 5.74) is 5.57. The van der Waals surface area contributed by atoms with Crippen LogP contribution in [0.3, 0.4) is 0 Å². The van der Waals surface area contributed by atoms with Gasteiger partial charge >= 0.3 is 0 Å². The fourth-order valence-corrected chi connectivity index (χ4v) is 3.32. The van der Waals surface area contributed by atoms with Gasteiger partial charge in [-0.2, -0.15) is 0 Å². The van der Waals surface area contributed by atoms with E-state index in [9.17, 15) is 4.79 Å². The SMILES string of the molecule is CC1=CC(C)(C)N([C@@H](C(=O)NN)C(C)C)c2ccccc21. The Morgan fingerprint density at radius 3 is 2.48 bits per heavy atom. The molecular formula is C17H25N3O. The van der Waals surface area contributed by atoms with E-state index in [0.717, 1.165) is 5.69 Å². The third-order valence-corrected chi connectivity index (χ3v) is 4.10. The minimum absolute atomic E-state index is 0.146. The first kappa shape index (κ1) is 15.6. The largest absolute Gasteiger partial charge is 0.350 e. The quantitative estimate of drug-likeness (QED) is 0.510. The molecule has 1 amide bonds. The van der Waals surface area contributed by atoms with Crippen molar-refractivity contribution in [1.82, 2.24) is 5.43 Å². The second-order valence-electron chi connectivity index (χ2n) is 6.57. The summed E-state index contributed by atoms with van der Waals surface area (Å²) in [6.45, 7) is 10.5. The number of benzene rings is 1. The molecule has 0 saturated carbocycles. The summed E-state index contributed by atoms with van der Waals surface area (Å²) in [5, 5.41) is 0. The molecule has 1 heterocycles. The zero-order valence-electron chi connectivity index (χ0n) is 13.5. The van der Waals surface area contributed by atoms with Crippen molar-refractivity contribution < 1.29 is 4.79 Å². The number of amides is 1. The van der Waals surface area contributed by atoms with E-state index < -0.39 is 0 Å². The number of hydrazine groups is 1. The van der Waals surface area contributed by atoms with Crippen molar-refractivity contribution >= 4 is 17.2 Å². The van der Waals surface area contributed by atoms with E-state index in [1.54, 1.807) is 0 Å². The van der Waals surface area contributed by atoms with Gasteiger partial charge in [0.05, 0.1) is 5.54 Å². The molecule has 0 aliphatic carbocycles. The number of nitrogens with two attached hydrogens (primary N) is 1. The van der Waals surface area contributed by atoms with Gasteiger partial charge in [0.2, 0.25) is 0 Å². The first-order valence-electron chi connectivity index (χ1n) is 7.38. The molecular weight excluding hydrogens is 262 g/mol. The molecule has 0 unspecified atom stereocenters. The molecule has 1 aliphatic heterocycles. The van der Waals surface area contributed by atoms with Crippen LogP contribution in [0.25, 0.3) is 5.57 Å². The molecule has 0 spiro atoms. The van der Waals surface area contributed by atoms with Crippen LogP contribution in [0.1, 0.15) is 40.2 Å². The van der Waals surface area contributed by atoms with Crippen molar-refractivity contribution in [2.24, 2.45) is 11.8 Å². The number of rotatable bonds is 3. The monoisotopic (exact) mass is 287 g/mol. The van der Waals surface area contributed by atoms with Crippen LogP contribution in [-0.2, 0) is 4.79 Å². The first-order valence-corrected chi connectivity index (χ1v) is 7.38. The van der Waals surface area contributed by atoms with Crippen molar-refractivity contribution in [3.8, 4) is 0 Å². The highest BCUT2D eigenvalue weighted by atomic mass is 16.2. The minimum Gasteiger partial charge on any atom is -0.350 e. The first-order chi connectivity index (χ1) is 9.79. The Kier molecular flexibility index (Phi) is 4.10. The lowest BCUT2D eigenvalue weighted by molar-refractivity contribution is -0.123. The maximum atomic E-state index is 12.3. The van der Waals surface area contributed by atoms with Crippen LogP contribution >= 0.6 is 0 Å². The zero-order chi connectivity index (χ0) is 15.8. The number of hydrogen-bond donors (Lipinski definition) is 2. The number of para-hydroxylation sites is 1. The van der Waals surface area contributed by atoms with Gasteiger partial charge in [0.15, 0.2) is 0 Å². The van der Waals surface area contributed by atoms with Crippen molar-refractivity contribution in [3.05, 3.63) is 35.9 Å². The number of nitrogens with one attached hydrogen (secondary N) is 1. The standard InChI is InChI=1S/C17H25N3O/c1-11(2)15(16(21)19-18)20-14-9-7-6-8-13(14)12(3)10-17(20,4)5/h6-11,15H,18H2,1-5H3,(H,19,21)/t15-/m1/s1. The Morgan fingerprint density at radius 1 is 1.29 bits per heavy atom. The average molecular weight is 287 g/mol. The van der Waals surface area contributed by atoms with Gasteiger partial charge in [-0.25, -0.2) is 5.84 Å². The molecule has 1 atom stereocenters. The maximum Gasteiger partial charge on any atom is 0.256 e. The summed E-state index contributed by atoms with van der Waals surface area (Å²) < 4.78 is 0. The van der Waals surface area contributed by atoms with E-state index in [0.29, 0.717) is 0 Å². The molecule has 1 aromatic carbocycles. The van der Waals surface area contributed by atoms with Crippen LogP contribution in [0.15, 0.2) is 30.3 Å². The van der Waals surface area contributed by atoms with Gasteiger partial charge < -0.3 is 4.90 Å². The topological polar surface area (TPSA) is 58.4 Å². The molecule has 0 aromatic heterocycles. The number of allylic oxidation sites excluding steroid dienone is 1. The lowest BCUT2D eigenvalue weighted by atomic mass is 9.85. The van der Waals surface area contributed by atoms with Gasteiger partial charge in [0.25, 0.3) is 5.91 Å². The number of carbonyl (C=O) groups excluding carboxylic acids is 1. The van der Waals surface area contributed by atoms with Crippen LogP contribution < -0.4 is 16.2 Å². The Morgan fingerprint density at radius 2 is 1.90 bits per heavy atom. The highest BCUT2D eigenvalue weighted by Gasteiger charge is 2.40. The molecule has 4 nitrogen and oxygen atoms in total. The number of hydrogen-bond acceptors (Lipinski definition) is 3. The fraction of sp³-hybridized carbons (Fsp3) is 0.471. The minimum atomic E-state index is -0.310. The Hall–Kier alpha value is -1.81. The van der Waals surface area contributed by atoms with E-state index in [-0.39, 0.29) is 23.4 Å². The van der Waals surface area contributed by atoms with Crippen LogP contribution in [0.5, 0.6) is 0 Å². The van der Waals surface area contributed by atoms with Crippen LogP contribution in [0, 0.1) is 5.92 Å². The number of fused-ring (bicyclic) bond motifs is 1. The third-order valence-electron chi connectivity index (χ3n) is 4.10. The molecule has 21 heavy (non-hydrogen) atoms. The van der Waals surface area contributed by atoms with Gasteiger partial charge in [-0.05, 0) is 38.3 Å². The summed E-state index contributed by atoms with van der Waals surface area (Å²) in [4.78, 5) is 14.5. The highest BCUT2D eigenvalue weighted by molar-refractivity contribution is 5.89. The summed E-state index contributed by atoms with van der Waals surface area (Å²) in [6, 6.07) is 7.90. The van der Waals surface area contributed by atoms with Crippen molar-refractivity contribution in [2.75, 3.05) is 4.90 Å². The maximum absolute atomic E-state index is 12.3. The lowest BCUT2D eigenvalue weighted by Gasteiger charge is -2.48. The Bertz CT molecular complexity index is 575. The fourth-order valence-electron chi connectivity index (χ4n) is 3.32. The molecule has 0 fully saturated rings. The normalized spacial score (nSPS) is 18.0. The van der Waals surface area contributed by atoms with Crippen molar-refractivity contribution in [3.63, 3.8) is 0 Å². The Labute approximate surface area is 127 Å². The lowest BCUT2D eigenvalue weighted by Crippen LogP contribution is -2.59. The van der Waals surface area contributed by atoms with Crippen LogP contribution in [0.4, 0.5) is 5.69 Å². The van der Waals surface area contributed by atoms with E-state index >= 15 is 0 Å². The molecule has 0 radical (unpaired) electrons. The van der Waals surface area contributed by atoms with Gasteiger partial charge in [0, 0.05) is 11.3 Å². The molecule has 114 valence electrons. The van der Waals surface area contributed by atoms with Gasteiger partial charge in [-0.3, -0.25) is 10.2 Å². The molecule has 1 aliphatic rings. The second kappa shape index (κ2) is 5.53. The van der Waals surface area contributed by atoms with Crippen molar-refractivity contribution in [1.29, 1.82) is 0 Å². The van der Waals surface area contributed by atoms with Gasteiger partial charge in [-0.1, -0.05) is 38.1 Å². The second-order valence-corrected chi connectivity index (χ2v) is 6.57. The summed E-state index contributed by atoms with van der Waals surface area (Å²) in [6.07, 6.45) is 2.22. The average Bonchev–Trinajstić information content (AvgIpc) is 2.41. The molecule has 0 bridgehead atoms. The third kappa shape index (κ3) is 2.68. The smallest absolute Gasteiger partial charge is 0.256 e. The number of carbonyl (C=O) groups is 1. The predicted molar refractivity (Wildman–Crippen MR) is 87.6 cm³/mol. The predicted octanol–water partition coefficient (Wildman–Crippen LogP) is 2.70. The highest BCUT2D eigenvalue weighted by Crippen LogP contribution is 2.41. The molecule has 4 heteroatoms. The van der Waals surface area contributed by atoms with Gasteiger partial charge in [-0.15, -0.1) is 0 Å². The summed E-state index contributed by atoms with van der Waals surface area (Å²) in [7, 11) is 0. The van der Waals surface area contributed by atoms with Crippen LogP contribution in [-0.4, -0.2) is 17.5 Å². The van der Waals surface area contributed by atoms with E-state index in [1.165, 1.54) is 11.1 Å². The Balaban J connectivity index is 2.62. The zero-order valence-corrected chi connectivity index (χ0v) is 13.5. The number of anilines is 1. The summed E-state index contributed by atoms with van der Waals surface area (Å²) in [5.74, 6) is 5.41. The van der Waals surface area contributed by atoms with E-state index in [4.69, 9.17) is 5.84 Å². The van der Waals surface area contributed by atoms with Gasteiger partial charge in [0.1, 0.15) is 6.04 Å². The van der Waals surface area contributed by atoms with E-state index in [2.05, 4.69) is 49.3 Å². The van der Waals surface area contributed by atoms with Crippen molar-refractivity contribution in [2.45, 2.75) is 46.2 Å². The molecule has 1 aromatic rings. The molecule has 3 N–H and O–H groups in total. The molecule has 2 rings (SSSR count). The number of nitrogens with zero attached hydrogens (tertiary/aromatic N) is 1. The van der Waals surface area contributed by atoms with E-state index in [1.807, 2.05) is 26.0 Å². The summed E-state index contributed by atoms with van der Waals surface area (Å²) >= 11 is 0. The molecule has 0 saturated heterocycles.